The van der Waals surface area contributed by atoms with Crippen molar-refractivity contribution in [2.45, 2.75) is 19.5 Å². The summed E-state index contributed by atoms with van der Waals surface area (Å²) in [7, 11) is 1.72. The quantitative estimate of drug-likeness (QED) is 0.806. The molecule has 0 spiro atoms. The number of hydrogen-bond donors (Lipinski definition) is 1. The SMILES string of the molecule is COc1ccc2[nH]c3c(c2c1)CCN(Cc1ccccn1)C3. The molecule has 1 aromatic carbocycles. The van der Waals surface area contributed by atoms with Crippen LogP contribution in [0.25, 0.3) is 10.9 Å². The Labute approximate surface area is 129 Å². The molecule has 0 fully saturated rings. The summed E-state index contributed by atoms with van der Waals surface area (Å²) in [6.07, 6.45) is 2.93. The number of nitrogens with one attached hydrogen (secondary N) is 1. The third-order valence-corrected chi connectivity index (χ3v) is 4.37. The number of pyridine rings is 1. The highest BCUT2D eigenvalue weighted by Crippen LogP contribution is 2.30. The molecule has 1 N–H and O–H groups in total. The first-order chi connectivity index (χ1) is 10.8. The zero-order chi connectivity index (χ0) is 14.9. The van der Waals surface area contributed by atoms with Gasteiger partial charge in [0.1, 0.15) is 5.75 Å². The zero-order valence-electron chi connectivity index (χ0n) is 12.7. The van der Waals surface area contributed by atoms with Gasteiger partial charge in [0.25, 0.3) is 0 Å². The van der Waals surface area contributed by atoms with Crippen molar-refractivity contribution in [2.75, 3.05) is 13.7 Å². The fourth-order valence-electron chi connectivity index (χ4n) is 3.26. The number of nitrogens with zero attached hydrogens (tertiary/aromatic N) is 2. The number of fused-ring (bicyclic) bond motifs is 3. The van der Waals surface area contributed by atoms with Gasteiger partial charge in [0.15, 0.2) is 0 Å². The second-order valence-electron chi connectivity index (χ2n) is 5.78. The molecule has 0 bridgehead atoms. The summed E-state index contributed by atoms with van der Waals surface area (Å²) in [6.45, 7) is 2.91. The summed E-state index contributed by atoms with van der Waals surface area (Å²) in [4.78, 5) is 10.4. The Kier molecular flexibility index (Phi) is 3.31. The number of aromatic amines is 1. The maximum Gasteiger partial charge on any atom is 0.119 e. The molecular weight excluding hydrogens is 274 g/mol. The Morgan fingerprint density at radius 1 is 1.27 bits per heavy atom. The van der Waals surface area contributed by atoms with Gasteiger partial charge < -0.3 is 9.72 Å². The van der Waals surface area contributed by atoms with Gasteiger partial charge in [0, 0.05) is 42.4 Å². The van der Waals surface area contributed by atoms with E-state index in [-0.39, 0.29) is 0 Å². The van der Waals surface area contributed by atoms with Crippen LogP contribution in [-0.2, 0) is 19.5 Å². The molecule has 0 aliphatic carbocycles. The predicted octanol–water partition coefficient (Wildman–Crippen LogP) is 3.13. The highest BCUT2D eigenvalue weighted by atomic mass is 16.5. The third kappa shape index (κ3) is 2.35. The molecule has 3 heterocycles. The van der Waals surface area contributed by atoms with Gasteiger partial charge in [-0.3, -0.25) is 9.88 Å². The molecule has 3 aromatic rings. The summed E-state index contributed by atoms with van der Waals surface area (Å²) in [5, 5.41) is 1.30. The molecule has 4 heteroatoms. The molecule has 0 unspecified atom stereocenters. The van der Waals surface area contributed by atoms with E-state index in [1.165, 1.54) is 22.2 Å². The number of aromatic nitrogens is 2. The Balaban J connectivity index is 1.61. The van der Waals surface area contributed by atoms with E-state index in [9.17, 15) is 0 Å². The Bertz CT molecular complexity index is 795. The molecule has 1 aliphatic rings. The van der Waals surface area contributed by atoms with Crippen LogP contribution in [0.1, 0.15) is 17.0 Å². The first-order valence-corrected chi connectivity index (χ1v) is 7.63. The van der Waals surface area contributed by atoms with E-state index >= 15 is 0 Å². The minimum Gasteiger partial charge on any atom is -0.497 e. The molecule has 1 aliphatic heterocycles. The lowest BCUT2D eigenvalue weighted by Crippen LogP contribution is -2.30. The smallest absolute Gasteiger partial charge is 0.119 e. The fourth-order valence-corrected chi connectivity index (χ4v) is 3.26. The summed E-state index contributed by atoms with van der Waals surface area (Å²) < 4.78 is 5.35. The van der Waals surface area contributed by atoms with Gasteiger partial charge in [-0.2, -0.15) is 0 Å². The topological polar surface area (TPSA) is 41.1 Å². The molecule has 2 aromatic heterocycles. The van der Waals surface area contributed by atoms with Crippen LogP contribution in [0.3, 0.4) is 0 Å². The van der Waals surface area contributed by atoms with Gasteiger partial charge in [-0.25, -0.2) is 0 Å². The molecule has 4 rings (SSSR count). The molecule has 0 radical (unpaired) electrons. The first-order valence-electron chi connectivity index (χ1n) is 7.63. The molecule has 0 saturated carbocycles. The van der Waals surface area contributed by atoms with Crippen molar-refractivity contribution in [3.63, 3.8) is 0 Å². The molecule has 112 valence electrons. The predicted molar refractivity (Wildman–Crippen MR) is 86.9 cm³/mol. The zero-order valence-corrected chi connectivity index (χ0v) is 12.7. The van der Waals surface area contributed by atoms with E-state index in [1.54, 1.807) is 7.11 Å². The second kappa shape index (κ2) is 5.46. The average molecular weight is 293 g/mol. The average Bonchev–Trinajstić information content (AvgIpc) is 2.92. The molecule has 0 amide bonds. The van der Waals surface area contributed by atoms with Crippen LogP contribution in [0.2, 0.25) is 0 Å². The molecule has 22 heavy (non-hydrogen) atoms. The third-order valence-electron chi connectivity index (χ3n) is 4.37. The van der Waals surface area contributed by atoms with Crippen molar-refractivity contribution < 1.29 is 4.74 Å². The Morgan fingerprint density at radius 2 is 2.23 bits per heavy atom. The van der Waals surface area contributed by atoms with E-state index in [0.29, 0.717) is 0 Å². The molecular formula is C18H19N3O. The summed E-state index contributed by atoms with van der Waals surface area (Å²) in [6, 6.07) is 12.4. The lowest BCUT2D eigenvalue weighted by molar-refractivity contribution is 0.240. The minimum atomic E-state index is 0.902. The van der Waals surface area contributed by atoms with E-state index in [0.717, 1.165) is 37.5 Å². The van der Waals surface area contributed by atoms with Crippen molar-refractivity contribution in [2.24, 2.45) is 0 Å². The summed E-state index contributed by atoms with van der Waals surface area (Å²) in [5.41, 5.74) is 5.09. The van der Waals surface area contributed by atoms with Gasteiger partial charge in [0.2, 0.25) is 0 Å². The first kappa shape index (κ1) is 13.3. The highest BCUT2D eigenvalue weighted by Gasteiger charge is 2.21. The van der Waals surface area contributed by atoms with Gasteiger partial charge >= 0.3 is 0 Å². The number of rotatable bonds is 3. The van der Waals surface area contributed by atoms with Crippen LogP contribution >= 0.6 is 0 Å². The largest absolute Gasteiger partial charge is 0.497 e. The number of methoxy groups -OCH3 is 1. The van der Waals surface area contributed by atoms with Crippen molar-refractivity contribution in [1.29, 1.82) is 0 Å². The molecule has 0 saturated heterocycles. The molecule has 4 nitrogen and oxygen atoms in total. The van der Waals surface area contributed by atoms with Gasteiger partial charge in [0.05, 0.1) is 12.8 Å². The van der Waals surface area contributed by atoms with Crippen LogP contribution in [0.4, 0.5) is 0 Å². The van der Waals surface area contributed by atoms with Crippen molar-refractivity contribution in [3.05, 3.63) is 59.5 Å². The van der Waals surface area contributed by atoms with E-state index in [4.69, 9.17) is 4.74 Å². The minimum absolute atomic E-state index is 0.902. The van der Waals surface area contributed by atoms with E-state index in [1.807, 2.05) is 24.4 Å². The fraction of sp³-hybridized carbons (Fsp3) is 0.278. The van der Waals surface area contributed by atoms with Crippen molar-refractivity contribution in [3.8, 4) is 5.75 Å². The van der Waals surface area contributed by atoms with Crippen molar-refractivity contribution >= 4 is 10.9 Å². The summed E-state index contributed by atoms with van der Waals surface area (Å²) >= 11 is 0. The standard InChI is InChI=1S/C18H19N3O/c1-22-14-5-6-17-16(10-14)15-7-9-21(12-18(15)20-17)11-13-4-2-3-8-19-13/h2-6,8,10,20H,7,9,11-12H2,1H3. The van der Waals surface area contributed by atoms with E-state index in [2.05, 4.69) is 33.1 Å². The van der Waals surface area contributed by atoms with Gasteiger partial charge in [-0.15, -0.1) is 0 Å². The van der Waals surface area contributed by atoms with Gasteiger partial charge in [-0.1, -0.05) is 6.07 Å². The second-order valence-corrected chi connectivity index (χ2v) is 5.78. The van der Waals surface area contributed by atoms with Gasteiger partial charge in [-0.05, 0) is 42.3 Å². The number of ether oxygens (including phenoxy) is 1. The lowest BCUT2D eigenvalue weighted by atomic mass is 10.0. The van der Waals surface area contributed by atoms with Crippen LogP contribution in [0.15, 0.2) is 42.6 Å². The number of hydrogen-bond acceptors (Lipinski definition) is 3. The van der Waals surface area contributed by atoms with Crippen LogP contribution in [0.5, 0.6) is 5.75 Å². The Hall–Kier alpha value is -2.33. The normalized spacial score (nSPS) is 15.0. The number of H-pyrrole nitrogens is 1. The monoisotopic (exact) mass is 293 g/mol. The molecule has 0 atom stereocenters. The van der Waals surface area contributed by atoms with Crippen LogP contribution in [0, 0.1) is 0 Å². The van der Waals surface area contributed by atoms with Crippen LogP contribution < -0.4 is 4.74 Å². The van der Waals surface area contributed by atoms with Crippen molar-refractivity contribution in [1.82, 2.24) is 14.9 Å². The lowest BCUT2D eigenvalue weighted by Gasteiger charge is -2.26. The van der Waals surface area contributed by atoms with E-state index < -0.39 is 0 Å². The number of benzene rings is 1. The Morgan fingerprint density at radius 3 is 3.05 bits per heavy atom. The maximum atomic E-state index is 5.35. The van der Waals surface area contributed by atoms with Crippen LogP contribution in [-0.4, -0.2) is 28.5 Å². The maximum absolute atomic E-state index is 5.35. The summed E-state index contributed by atoms with van der Waals surface area (Å²) in [5.74, 6) is 0.921. The highest BCUT2D eigenvalue weighted by molar-refractivity contribution is 5.86.